The van der Waals surface area contributed by atoms with E-state index < -0.39 is 11.4 Å². The van der Waals surface area contributed by atoms with E-state index in [0.717, 1.165) is 37.8 Å². The number of fused-ring (bicyclic) bond motifs is 3. The zero-order chi connectivity index (χ0) is 29.1. The van der Waals surface area contributed by atoms with Crippen LogP contribution in [0.15, 0.2) is 66.7 Å². The van der Waals surface area contributed by atoms with E-state index in [2.05, 4.69) is 79.0 Å². The summed E-state index contributed by atoms with van der Waals surface area (Å²) in [5.41, 5.74) is 14.4. The van der Waals surface area contributed by atoms with Gasteiger partial charge in [0.25, 0.3) is 5.97 Å². The number of rotatable bonds is 18. The Balaban J connectivity index is 1.91. The van der Waals surface area contributed by atoms with Crippen LogP contribution >= 0.6 is 0 Å². The molecule has 0 amide bonds. The number of ether oxygens (including phenoxy) is 3. The second kappa shape index (κ2) is 15.0. The van der Waals surface area contributed by atoms with Crippen molar-refractivity contribution in [1.82, 2.24) is 0 Å². The predicted molar refractivity (Wildman–Crippen MR) is 170 cm³/mol. The van der Waals surface area contributed by atoms with E-state index in [1.807, 2.05) is 0 Å². The summed E-state index contributed by atoms with van der Waals surface area (Å²) in [6.07, 6.45) is 10.7. The van der Waals surface area contributed by atoms with Crippen LogP contribution in [-0.2, 0) is 32.5 Å². The van der Waals surface area contributed by atoms with E-state index in [4.69, 9.17) is 19.9 Å². The highest BCUT2D eigenvalue weighted by Gasteiger charge is 2.56. The molecule has 1 aliphatic carbocycles. The van der Waals surface area contributed by atoms with Gasteiger partial charge in [0, 0.05) is 40.1 Å². The van der Waals surface area contributed by atoms with E-state index in [1.54, 1.807) is 21.3 Å². The number of nitrogens with one attached hydrogen (secondary N) is 1. The summed E-state index contributed by atoms with van der Waals surface area (Å²) in [5.74, 6) is -1.27. The fraction of sp³-hybridized carbons (Fsp3) is 0.500. The van der Waals surface area contributed by atoms with Crippen LogP contribution in [0.2, 0.25) is 0 Å². The minimum absolute atomic E-state index is 0.551. The standard InChI is InChI=1S/C36H50N2O3/c1-5-6-7-8-9-15-23-35(36(39-2,40-3)41-4,24-22-28-16-11-10-12-17-28)34-32-27-29-18-13-14-19-30(29)31(32)20-21-33(34)38-26-25-37/h10-14,16-21,38H,5-9,15,22-27,37H2,1-4H3. The third-order valence-corrected chi connectivity index (χ3v) is 8.96. The molecule has 0 heterocycles. The van der Waals surface area contributed by atoms with Crippen molar-refractivity contribution in [3.05, 3.63) is 89.0 Å². The predicted octanol–water partition coefficient (Wildman–Crippen LogP) is 7.84. The van der Waals surface area contributed by atoms with Crippen molar-refractivity contribution in [3.8, 4) is 11.1 Å². The molecule has 3 aromatic rings. The molecule has 4 rings (SSSR count). The van der Waals surface area contributed by atoms with Crippen LogP contribution in [0.1, 0.15) is 80.5 Å². The summed E-state index contributed by atoms with van der Waals surface area (Å²) in [5, 5.41) is 3.69. The van der Waals surface area contributed by atoms with Gasteiger partial charge in [0.2, 0.25) is 0 Å². The Kier molecular flexibility index (Phi) is 11.4. The van der Waals surface area contributed by atoms with Crippen molar-refractivity contribution < 1.29 is 14.2 Å². The maximum atomic E-state index is 6.34. The van der Waals surface area contributed by atoms with E-state index in [0.29, 0.717) is 13.1 Å². The molecule has 1 atom stereocenters. The lowest BCUT2D eigenvalue weighted by Crippen LogP contribution is -2.57. The molecule has 3 N–H and O–H groups in total. The van der Waals surface area contributed by atoms with Crippen molar-refractivity contribution in [1.29, 1.82) is 0 Å². The molecule has 0 saturated heterocycles. The summed E-state index contributed by atoms with van der Waals surface area (Å²) >= 11 is 0. The van der Waals surface area contributed by atoms with Crippen LogP contribution in [0, 0.1) is 0 Å². The Morgan fingerprint density at radius 1 is 0.756 bits per heavy atom. The molecule has 0 aliphatic heterocycles. The van der Waals surface area contributed by atoms with Crippen LogP contribution in [0.4, 0.5) is 5.69 Å². The third-order valence-electron chi connectivity index (χ3n) is 8.96. The van der Waals surface area contributed by atoms with Crippen molar-refractivity contribution in [2.45, 2.75) is 82.5 Å². The lowest BCUT2D eigenvalue weighted by atomic mass is 9.67. The van der Waals surface area contributed by atoms with Gasteiger partial charge >= 0.3 is 0 Å². The van der Waals surface area contributed by atoms with Crippen molar-refractivity contribution in [3.63, 3.8) is 0 Å². The lowest BCUT2D eigenvalue weighted by molar-refractivity contribution is -0.390. The highest BCUT2D eigenvalue weighted by molar-refractivity contribution is 5.82. The molecule has 5 heteroatoms. The number of unbranched alkanes of at least 4 members (excludes halogenated alkanes) is 5. The van der Waals surface area contributed by atoms with Gasteiger partial charge in [0.15, 0.2) is 0 Å². The minimum Gasteiger partial charge on any atom is -0.384 e. The molecule has 5 nitrogen and oxygen atoms in total. The molecule has 41 heavy (non-hydrogen) atoms. The van der Waals surface area contributed by atoms with Gasteiger partial charge in [-0.05, 0) is 65.1 Å². The molecular formula is C36H50N2O3. The normalized spacial score (nSPS) is 14.0. The van der Waals surface area contributed by atoms with Crippen LogP contribution in [-0.4, -0.2) is 40.4 Å². The first-order valence-electron chi connectivity index (χ1n) is 15.5. The fourth-order valence-electron chi connectivity index (χ4n) is 6.99. The molecule has 0 fully saturated rings. The Hall–Kier alpha value is -2.70. The first kappa shape index (κ1) is 31.2. The summed E-state index contributed by atoms with van der Waals surface area (Å²) in [4.78, 5) is 0. The number of benzene rings is 3. The molecule has 3 aromatic carbocycles. The Morgan fingerprint density at radius 3 is 2.15 bits per heavy atom. The summed E-state index contributed by atoms with van der Waals surface area (Å²) < 4.78 is 19.0. The highest BCUT2D eigenvalue weighted by atomic mass is 16.9. The average molecular weight is 559 g/mol. The zero-order valence-corrected chi connectivity index (χ0v) is 25.6. The molecular weight excluding hydrogens is 508 g/mol. The summed E-state index contributed by atoms with van der Waals surface area (Å²) in [6, 6.07) is 24.0. The second-order valence-electron chi connectivity index (χ2n) is 11.3. The molecule has 0 radical (unpaired) electrons. The summed E-state index contributed by atoms with van der Waals surface area (Å²) in [7, 11) is 5.16. The topological polar surface area (TPSA) is 65.7 Å². The molecule has 0 spiro atoms. The maximum Gasteiger partial charge on any atom is 0.292 e. The SMILES string of the molecule is CCCCCCCCC(CCc1ccccc1)(c1c(NCCN)ccc2c1Cc1ccccc1-2)C(OC)(OC)OC. The number of nitrogens with two attached hydrogens (primary N) is 1. The molecule has 0 bridgehead atoms. The van der Waals surface area contributed by atoms with Crippen LogP contribution in [0.25, 0.3) is 11.1 Å². The number of anilines is 1. The lowest BCUT2D eigenvalue weighted by Gasteiger charge is -2.49. The van der Waals surface area contributed by atoms with E-state index in [1.165, 1.54) is 65.5 Å². The van der Waals surface area contributed by atoms with Gasteiger partial charge in [0.05, 0.1) is 5.41 Å². The second-order valence-corrected chi connectivity index (χ2v) is 11.3. The number of methoxy groups -OCH3 is 3. The number of hydrogen-bond donors (Lipinski definition) is 2. The largest absolute Gasteiger partial charge is 0.384 e. The van der Waals surface area contributed by atoms with Crippen molar-refractivity contribution >= 4 is 5.69 Å². The van der Waals surface area contributed by atoms with Crippen LogP contribution < -0.4 is 11.1 Å². The first-order chi connectivity index (χ1) is 20.1. The highest BCUT2D eigenvalue weighted by Crippen LogP contribution is 2.54. The Bertz CT molecular complexity index is 1220. The van der Waals surface area contributed by atoms with Gasteiger partial charge in [-0.1, -0.05) is 106 Å². The van der Waals surface area contributed by atoms with Crippen LogP contribution in [0.5, 0.6) is 0 Å². The van der Waals surface area contributed by atoms with Gasteiger partial charge in [-0.25, -0.2) is 0 Å². The Morgan fingerprint density at radius 2 is 1.44 bits per heavy atom. The average Bonchev–Trinajstić information content (AvgIpc) is 3.40. The van der Waals surface area contributed by atoms with E-state index in [-0.39, 0.29) is 0 Å². The Labute approximate surface area is 247 Å². The summed E-state index contributed by atoms with van der Waals surface area (Å²) in [6.45, 7) is 3.50. The monoisotopic (exact) mass is 558 g/mol. The molecule has 0 aromatic heterocycles. The zero-order valence-electron chi connectivity index (χ0n) is 25.6. The molecule has 0 saturated carbocycles. The van der Waals surface area contributed by atoms with Crippen molar-refractivity contribution in [2.75, 3.05) is 39.7 Å². The van der Waals surface area contributed by atoms with E-state index >= 15 is 0 Å². The van der Waals surface area contributed by atoms with Gasteiger partial charge in [-0.3, -0.25) is 0 Å². The minimum atomic E-state index is -1.27. The van der Waals surface area contributed by atoms with Gasteiger partial charge in [-0.15, -0.1) is 0 Å². The molecule has 1 unspecified atom stereocenters. The smallest absolute Gasteiger partial charge is 0.292 e. The van der Waals surface area contributed by atoms with Crippen LogP contribution in [0.3, 0.4) is 0 Å². The number of aryl methyl sites for hydroxylation is 1. The molecule has 1 aliphatic rings. The quantitative estimate of drug-likeness (QED) is 0.0962. The fourth-order valence-corrected chi connectivity index (χ4v) is 6.99. The molecule has 222 valence electrons. The number of hydrogen-bond acceptors (Lipinski definition) is 5. The van der Waals surface area contributed by atoms with Gasteiger partial charge < -0.3 is 25.3 Å². The van der Waals surface area contributed by atoms with E-state index in [9.17, 15) is 0 Å². The third kappa shape index (κ3) is 6.54. The van der Waals surface area contributed by atoms with Crippen molar-refractivity contribution in [2.24, 2.45) is 5.73 Å². The first-order valence-corrected chi connectivity index (χ1v) is 15.5. The van der Waals surface area contributed by atoms with Gasteiger partial charge in [-0.2, -0.15) is 0 Å². The maximum absolute atomic E-state index is 6.34. The van der Waals surface area contributed by atoms with Gasteiger partial charge in [0.1, 0.15) is 0 Å².